The molecule has 4 heteroatoms. The van der Waals surface area contributed by atoms with Crippen molar-refractivity contribution in [1.82, 2.24) is 15.2 Å². The first-order chi connectivity index (χ1) is 9.61. The fraction of sp³-hybridized carbons (Fsp3) is 0.688. The van der Waals surface area contributed by atoms with Crippen LogP contribution in [0.25, 0.3) is 0 Å². The lowest BCUT2D eigenvalue weighted by Gasteiger charge is -2.16. The molecule has 0 unspecified atom stereocenters. The van der Waals surface area contributed by atoms with Gasteiger partial charge in [0.25, 0.3) is 0 Å². The highest BCUT2D eigenvalue weighted by Gasteiger charge is 2.03. The Balaban J connectivity index is 2.38. The second-order valence-electron chi connectivity index (χ2n) is 5.58. The Morgan fingerprint density at radius 3 is 2.75 bits per heavy atom. The number of likely N-dealkylation sites (N-methyl/N-ethyl adjacent to an activating group) is 1. The van der Waals surface area contributed by atoms with Gasteiger partial charge in [0.05, 0.1) is 18.0 Å². The number of nitrogens with zero attached hydrogens (tertiary/aromatic N) is 2. The molecule has 0 aliphatic heterocycles. The molecule has 0 bridgehead atoms. The molecule has 0 aliphatic rings. The lowest BCUT2D eigenvalue weighted by Crippen LogP contribution is -2.24. The first-order valence-electron chi connectivity index (χ1n) is 7.53. The van der Waals surface area contributed by atoms with Crippen LogP contribution in [0.5, 0.6) is 0 Å². The van der Waals surface area contributed by atoms with Crippen LogP contribution in [0.4, 0.5) is 0 Å². The van der Waals surface area contributed by atoms with Gasteiger partial charge in [0.15, 0.2) is 0 Å². The summed E-state index contributed by atoms with van der Waals surface area (Å²) in [5.74, 6) is 0.669. The molecule has 0 fully saturated rings. The third kappa shape index (κ3) is 7.58. The van der Waals surface area contributed by atoms with Crippen LogP contribution >= 0.6 is 0 Å². The molecule has 0 saturated carbocycles. The van der Waals surface area contributed by atoms with E-state index in [0.29, 0.717) is 5.92 Å². The minimum atomic E-state index is 0.669. The van der Waals surface area contributed by atoms with Gasteiger partial charge >= 0.3 is 0 Å². The molecule has 1 aromatic heterocycles. The van der Waals surface area contributed by atoms with E-state index in [2.05, 4.69) is 49.3 Å². The first-order valence-corrected chi connectivity index (χ1v) is 7.53. The summed E-state index contributed by atoms with van der Waals surface area (Å²) in [4.78, 5) is 6.93. The van der Waals surface area contributed by atoms with Crippen LogP contribution in [0, 0.1) is 5.92 Å². The van der Waals surface area contributed by atoms with E-state index in [1.807, 2.05) is 6.92 Å². The van der Waals surface area contributed by atoms with Crippen molar-refractivity contribution in [3.8, 4) is 0 Å². The van der Waals surface area contributed by atoms with E-state index >= 15 is 0 Å². The number of ether oxygens (including phenoxy) is 1. The van der Waals surface area contributed by atoms with Crippen molar-refractivity contribution in [2.45, 2.75) is 33.9 Å². The predicted molar refractivity (Wildman–Crippen MR) is 83.6 cm³/mol. The van der Waals surface area contributed by atoms with Crippen molar-refractivity contribution in [3.05, 3.63) is 29.6 Å². The van der Waals surface area contributed by atoms with Gasteiger partial charge in [-0.05, 0) is 38.6 Å². The van der Waals surface area contributed by atoms with Gasteiger partial charge in [-0.2, -0.15) is 0 Å². The van der Waals surface area contributed by atoms with Crippen molar-refractivity contribution in [2.24, 2.45) is 5.92 Å². The fourth-order valence-electron chi connectivity index (χ4n) is 1.93. The molecule has 1 rings (SSSR count). The lowest BCUT2D eigenvalue weighted by atomic mass is 10.2. The Morgan fingerprint density at radius 2 is 2.05 bits per heavy atom. The van der Waals surface area contributed by atoms with Crippen LogP contribution in [-0.2, 0) is 17.8 Å². The van der Waals surface area contributed by atoms with Crippen LogP contribution in [-0.4, -0.2) is 43.2 Å². The van der Waals surface area contributed by atoms with Crippen molar-refractivity contribution in [3.63, 3.8) is 0 Å². The highest BCUT2D eigenvalue weighted by Crippen LogP contribution is 2.03. The van der Waals surface area contributed by atoms with E-state index in [1.54, 1.807) is 0 Å². The molecule has 1 N–H and O–H groups in total. The van der Waals surface area contributed by atoms with Gasteiger partial charge in [0, 0.05) is 26.2 Å². The largest absolute Gasteiger partial charge is 0.380 e. The molecular formula is C16H29N3O. The molecule has 4 nitrogen and oxygen atoms in total. The van der Waals surface area contributed by atoms with Gasteiger partial charge in [-0.3, -0.25) is 9.88 Å². The average molecular weight is 279 g/mol. The average Bonchev–Trinajstić information content (AvgIpc) is 2.39. The number of nitrogens with one attached hydrogen (secondary N) is 1. The molecule has 0 atom stereocenters. The summed E-state index contributed by atoms with van der Waals surface area (Å²) >= 11 is 0. The zero-order valence-corrected chi connectivity index (χ0v) is 13.4. The Kier molecular flexibility index (Phi) is 8.42. The summed E-state index contributed by atoms with van der Waals surface area (Å²) in [5.41, 5.74) is 2.23. The van der Waals surface area contributed by atoms with E-state index < -0.39 is 0 Å². The molecule has 1 aromatic rings. The molecule has 114 valence electrons. The summed E-state index contributed by atoms with van der Waals surface area (Å²) in [5, 5.41) is 3.43. The second kappa shape index (κ2) is 9.86. The second-order valence-corrected chi connectivity index (χ2v) is 5.58. The number of pyridine rings is 1. The third-order valence-corrected chi connectivity index (χ3v) is 2.98. The third-order valence-electron chi connectivity index (χ3n) is 2.98. The van der Waals surface area contributed by atoms with E-state index in [4.69, 9.17) is 9.72 Å². The summed E-state index contributed by atoms with van der Waals surface area (Å²) in [6.45, 7) is 11.7. The van der Waals surface area contributed by atoms with Gasteiger partial charge in [-0.15, -0.1) is 0 Å². The Morgan fingerprint density at radius 1 is 1.30 bits per heavy atom. The van der Waals surface area contributed by atoms with Crippen molar-refractivity contribution >= 4 is 0 Å². The van der Waals surface area contributed by atoms with E-state index in [9.17, 15) is 0 Å². The standard InChI is InChI=1S/C16H29N3O/c1-5-20-10-9-19(4)13-16-8-6-7-15(18-16)12-17-11-14(2)3/h6-8,14,17H,5,9-13H2,1-4H3. The van der Waals surface area contributed by atoms with Crippen LogP contribution in [0.15, 0.2) is 18.2 Å². The van der Waals surface area contributed by atoms with Crippen molar-refractivity contribution in [1.29, 1.82) is 0 Å². The highest BCUT2D eigenvalue weighted by molar-refractivity contribution is 5.11. The molecule has 0 radical (unpaired) electrons. The van der Waals surface area contributed by atoms with Gasteiger partial charge in [-0.1, -0.05) is 19.9 Å². The Bertz CT molecular complexity index is 368. The fourth-order valence-corrected chi connectivity index (χ4v) is 1.93. The lowest BCUT2D eigenvalue weighted by molar-refractivity contribution is 0.120. The van der Waals surface area contributed by atoms with Gasteiger partial charge < -0.3 is 10.1 Å². The first kappa shape index (κ1) is 17.1. The summed E-state index contributed by atoms with van der Waals surface area (Å²) < 4.78 is 5.37. The molecular weight excluding hydrogens is 250 g/mol. The van der Waals surface area contributed by atoms with Crippen LogP contribution in [0.2, 0.25) is 0 Å². The maximum absolute atomic E-state index is 5.37. The topological polar surface area (TPSA) is 37.4 Å². The normalized spacial score (nSPS) is 11.5. The molecule has 20 heavy (non-hydrogen) atoms. The zero-order valence-electron chi connectivity index (χ0n) is 13.4. The van der Waals surface area contributed by atoms with Gasteiger partial charge in [-0.25, -0.2) is 0 Å². The van der Waals surface area contributed by atoms with Crippen molar-refractivity contribution in [2.75, 3.05) is 33.4 Å². The van der Waals surface area contributed by atoms with Gasteiger partial charge in [0.1, 0.15) is 0 Å². The van der Waals surface area contributed by atoms with Crippen molar-refractivity contribution < 1.29 is 4.74 Å². The van der Waals surface area contributed by atoms with Crippen LogP contribution in [0.3, 0.4) is 0 Å². The van der Waals surface area contributed by atoms with E-state index in [-0.39, 0.29) is 0 Å². The number of hydrogen-bond donors (Lipinski definition) is 1. The molecule has 0 saturated heterocycles. The quantitative estimate of drug-likeness (QED) is 0.667. The minimum absolute atomic E-state index is 0.669. The Hall–Kier alpha value is -0.970. The highest BCUT2D eigenvalue weighted by atomic mass is 16.5. The minimum Gasteiger partial charge on any atom is -0.380 e. The van der Waals surface area contributed by atoms with Crippen LogP contribution < -0.4 is 5.32 Å². The number of aromatic nitrogens is 1. The maximum Gasteiger partial charge on any atom is 0.0593 e. The monoisotopic (exact) mass is 279 g/mol. The van der Waals surface area contributed by atoms with E-state index in [0.717, 1.165) is 50.8 Å². The van der Waals surface area contributed by atoms with Crippen LogP contribution in [0.1, 0.15) is 32.2 Å². The SMILES string of the molecule is CCOCCN(C)Cc1cccc(CNCC(C)C)n1. The summed E-state index contributed by atoms with van der Waals surface area (Å²) in [6, 6.07) is 6.26. The molecule has 1 heterocycles. The number of hydrogen-bond acceptors (Lipinski definition) is 4. The zero-order chi connectivity index (χ0) is 14.8. The summed E-state index contributed by atoms with van der Waals surface area (Å²) in [6.07, 6.45) is 0. The molecule has 0 aromatic carbocycles. The molecule has 0 spiro atoms. The predicted octanol–water partition coefficient (Wildman–Crippen LogP) is 2.30. The molecule has 0 aliphatic carbocycles. The maximum atomic E-state index is 5.37. The van der Waals surface area contributed by atoms with E-state index in [1.165, 1.54) is 0 Å². The molecule has 0 amide bonds. The number of rotatable bonds is 10. The smallest absolute Gasteiger partial charge is 0.0593 e. The Labute approximate surface area is 123 Å². The summed E-state index contributed by atoms with van der Waals surface area (Å²) in [7, 11) is 2.10. The van der Waals surface area contributed by atoms with Gasteiger partial charge in [0.2, 0.25) is 0 Å².